The van der Waals surface area contributed by atoms with Gasteiger partial charge in [-0.3, -0.25) is 4.79 Å². The fourth-order valence-corrected chi connectivity index (χ4v) is 3.16. The third-order valence-corrected chi connectivity index (χ3v) is 5.09. The van der Waals surface area contributed by atoms with Crippen LogP contribution in [-0.4, -0.2) is 58.4 Å². The van der Waals surface area contributed by atoms with Gasteiger partial charge in [0.2, 0.25) is 5.95 Å². The highest BCUT2D eigenvalue weighted by Crippen LogP contribution is 2.26. The van der Waals surface area contributed by atoms with E-state index < -0.39 is 0 Å². The normalized spacial score (nSPS) is 15.2. The van der Waals surface area contributed by atoms with Crippen LogP contribution in [-0.2, 0) is 0 Å². The molecule has 1 amide bonds. The van der Waals surface area contributed by atoms with Gasteiger partial charge in [-0.05, 0) is 37.7 Å². The van der Waals surface area contributed by atoms with E-state index in [0.717, 1.165) is 25.3 Å². The van der Waals surface area contributed by atoms with E-state index >= 15 is 0 Å². The third-order valence-electron chi connectivity index (χ3n) is 4.36. The Kier molecular flexibility index (Phi) is 5.96. The minimum atomic E-state index is -0.0663. The lowest BCUT2D eigenvalue weighted by Crippen LogP contribution is -2.48. The summed E-state index contributed by atoms with van der Waals surface area (Å²) in [5.74, 6) is 0.294. The Morgan fingerprint density at radius 1 is 1.12 bits per heavy atom. The molecular formula is C18H21Cl2N5O. The minimum Gasteiger partial charge on any atom is -0.335 e. The lowest BCUT2D eigenvalue weighted by molar-refractivity contribution is 0.0637. The van der Waals surface area contributed by atoms with E-state index in [1.54, 1.807) is 24.3 Å². The topological polar surface area (TPSA) is 61.4 Å². The van der Waals surface area contributed by atoms with Crippen LogP contribution in [0.3, 0.4) is 0 Å². The number of hydrogen-bond acceptors (Lipinski definition) is 5. The number of benzene rings is 1. The summed E-state index contributed by atoms with van der Waals surface area (Å²) >= 11 is 12.0. The number of carbonyl (C=O) groups is 1. The molecule has 26 heavy (non-hydrogen) atoms. The van der Waals surface area contributed by atoms with Crippen molar-refractivity contribution in [3.05, 3.63) is 45.7 Å². The summed E-state index contributed by atoms with van der Waals surface area (Å²) in [6.07, 6.45) is 0. The van der Waals surface area contributed by atoms with Gasteiger partial charge < -0.3 is 15.1 Å². The van der Waals surface area contributed by atoms with Crippen LogP contribution in [0.5, 0.6) is 0 Å². The highest BCUT2D eigenvalue weighted by atomic mass is 35.5. The molecule has 138 valence electrons. The van der Waals surface area contributed by atoms with Crippen molar-refractivity contribution in [2.75, 3.05) is 38.0 Å². The van der Waals surface area contributed by atoms with Gasteiger partial charge in [-0.25, -0.2) is 9.97 Å². The summed E-state index contributed by atoms with van der Waals surface area (Å²) < 4.78 is 0. The Hall–Kier alpha value is -1.89. The van der Waals surface area contributed by atoms with Crippen molar-refractivity contribution in [2.24, 2.45) is 0 Å². The molecule has 1 saturated heterocycles. The van der Waals surface area contributed by atoms with Crippen molar-refractivity contribution >= 4 is 40.7 Å². The Balaban J connectivity index is 1.76. The van der Waals surface area contributed by atoms with Crippen LogP contribution in [0.1, 0.15) is 23.1 Å². The molecule has 2 heterocycles. The van der Waals surface area contributed by atoms with Crippen LogP contribution in [0.25, 0.3) is 0 Å². The summed E-state index contributed by atoms with van der Waals surface area (Å²) in [6.45, 7) is 8.18. The zero-order chi connectivity index (χ0) is 18.7. The number of piperazine rings is 1. The first-order valence-electron chi connectivity index (χ1n) is 8.55. The van der Waals surface area contributed by atoms with E-state index in [1.165, 1.54) is 0 Å². The van der Waals surface area contributed by atoms with Gasteiger partial charge in [0.1, 0.15) is 5.69 Å². The quantitative estimate of drug-likeness (QED) is 0.859. The molecule has 1 N–H and O–H groups in total. The second-order valence-corrected chi connectivity index (χ2v) is 7.01. The SMILES string of the molecule is CCN1CCN(C(=O)c2cc(C)nc(Nc3ccc(Cl)c(Cl)c3)n2)CC1. The van der Waals surface area contributed by atoms with Crippen molar-refractivity contribution in [3.8, 4) is 0 Å². The van der Waals surface area contributed by atoms with Crippen molar-refractivity contribution < 1.29 is 4.79 Å². The fourth-order valence-electron chi connectivity index (χ4n) is 2.87. The summed E-state index contributed by atoms with van der Waals surface area (Å²) in [6, 6.07) is 6.89. The molecule has 8 heteroatoms. The van der Waals surface area contributed by atoms with Gasteiger partial charge in [-0.15, -0.1) is 0 Å². The second-order valence-electron chi connectivity index (χ2n) is 6.20. The fraction of sp³-hybridized carbons (Fsp3) is 0.389. The average Bonchev–Trinajstić information content (AvgIpc) is 2.64. The molecular weight excluding hydrogens is 373 g/mol. The van der Waals surface area contributed by atoms with Crippen molar-refractivity contribution in [3.63, 3.8) is 0 Å². The molecule has 1 aromatic carbocycles. The molecule has 3 rings (SSSR count). The summed E-state index contributed by atoms with van der Waals surface area (Å²) in [4.78, 5) is 25.7. The first kappa shape index (κ1) is 18.9. The van der Waals surface area contributed by atoms with Gasteiger partial charge in [-0.1, -0.05) is 30.1 Å². The molecule has 1 aliphatic rings. The van der Waals surface area contributed by atoms with E-state index in [4.69, 9.17) is 23.2 Å². The summed E-state index contributed by atoms with van der Waals surface area (Å²) in [7, 11) is 0. The maximum atomic E-state index is 12.8. The molecule has 0 aliphatic carbocycles. The monoisotopic (exact) mass is 393 g/mol. The highest BCUT2D eigenvalue weighted by molar-refractivity contribution is 6.42. The van der Waals surface area contributed by atoms with Gasteiger partial charge in [0.05, 0.1) is 10.0 Å². The zero-order valence-corrected chi connectivity index (χ0v) is 16.3. The molecule has 1 aromatic heterocycles. The predicted molar refractivity (Wildman–Crippen MR) is 105 cm³/mol. The molecule has 0 spiro atoms. The molecule has 1 fully saturated rings. The van der Waals surface area contributed by atoms with E-state index in [2.05, 4.69) is 27.1 Å². The van der Waals surface area contributed by atoms with Crippen LogP contribution in [0.2, 0.25) is 10.0 Å². The average molecular weight is 394 g/mol. The number of amides is 1. The zero-order valence-electron chi connectivity index (χ0n) is 14.8. The highest BCUT2D eigenvalue weighted by Gasteiger charge is 2.23. The van der Waals surface area contributed by atoms with E-state index in [0.29, 0.717) is 40.5 Å². The van der Waals surface area contributed by atoms with Crippen molar-refractivity contribution in [2.45, 2.75) is 13.8 Å². The number of nitrogens with one attached hydrogen (secondary N) is 1. The molecule has 6 nitrogen and oxygen atoms in total. The van der Waals surface area contributed by atoms with Crippen molar-refractivity contribution in [1.29, 1.82) is 0 Å². The van der Waals surface area contributed by atoms with Crippen molar-refractivity contribution in [1.82, 2.24) is 19.8 Å². The second kappa shape index (κ2) is 8.20. The number of hydrogen-bond donors (Lipinski definition) is 1. The molecule has 1 aliphatic heterocycles. The van der Waals surface area contributed by atoms with Crippen LogP contribution in [0.15, 0.2) is 24.3 Å². The maximum absolute atomic E-state index is 12.8. The first-order valence-corrected chi connectivity index (χ1v) is 9.31. The molecule has 0 atom stereocenters. The Morgan fingerprint density at radius 2 is 1.85 bits per heavy atom. The predicted octanol–water partition coefficient (Wildman–Crippen LogP) is 3.61. The summed E-state index contributed by atoms with van der Waals surface area (Å²) in [5.41, 5.74) is 1.82. The molecule has 0 bridgehead atoms. The van der Waals surface area contributed by atoms with Gasteiger partial charge in [-0.2, -0.15) is 0 Å². The van der Waals surface area contributed by atoms with E-state index in [1.807, 2.05) is 11.8 Å². The largest absolute Gasteiger partial charge is 0.335 e. The standard InChI is InChI=1S/C18H21Cl2N5O/c1-3-24-6-8-25(9-7-24)17(26)16-10-12(2)21-18(23-16)22-13-4-5-14(19)15(20)11-13/h4-5,10-11H,3,6-9H2,1-2H3,(H,21,22,23). The summed E-state index contributed by atoms with van der Waals surface area (Å²) in [5, 5.41) is 4.00. The lowest BCUT2D eigenvalue weighted by atomic mass is 10.2. The van der Waals surface area contributed by atoms with Crippen LogP contribution in [0.4, 0.5) is 11.6 Å². The van der Waals surface area contributed by atoms with Crippen LogP contribution >= 0.6 is 23.2 Å². The number of halogens is 2. The third kappa shape index (κ3) is 4.44. The smallest absolute Gasteiger partial charge is 0.272 e. The number of likely N-dealkylation sites (N-methyl/N-ethyl adjacent to an activating group) is 1. The molecule has 0 saturated carbocycles. The van der Waals surface area contributed by atoms with Gasteiger partial charge in [0, 0.05) is 37.6 Å². The molecule has 0 unspecified atom stereocenters. The number of carbonyl (C=O) groups excluding carboxylic acids is 1. The van der Waals surface area contributed by atoms with Gasteiger partial charge >= 0.3 is 0 Å². The number of anilines is 2. The Bertz CT molecular complexity index is 806. The number of aryl methyl sites for hydroxylation is 1. The van der Waals surface area contributed by atoms with Gasteiger partial charge in [0.25, 0.3) is 5.91 Å². The number of aromatic nitrogens is 2. The first-order chi connectivity index (χ1) is 12.5. The minimum absolute atomic E-state index is 0.0663. The molecule has 0 radical (unpaired) electrons. The number of rotatable bonds is 4. The van der Waals surface area contributed by atoms with Crippen LogP contribution in [0, 0.1) is 6.92 Å². The Labute approximate surface area is 163 Å². The van der Waals surface area contributed by atoms with E-state index in [9.17, 15) is 4.79 Å². The lowest BCUT2D eigenvalue weighted by Gasteiger charge is -2.33. The molecule has 2 aromatic rings. The Morgan fingerprint density at radius 3 is 2.50 bits per heavy atom. The van der Waals surface area contributed by atoms with E-state index in [-0.39, 0.29) is 5.91 Å². The number of nitrogens with zero attached hydrogens (tertiary/aromatic N) is 4. The van der Waals surface area contributed by atoms with Gasteiger partial charge in [0.15, 0.2) is 0 Å². The van der Waals surface area contributed by atoms with Crippen LogP contribution < -0.4 is 5.32 Å². The maximum Gasteiger partial charge on any atom is 0.272 e.